The van der Waals surface area contributed by atoms with Gasteiger partial charge in [-0.25, -0.2) is 0 Å². The summed E-state index contributed by atoms with van der Waals surface area (Å²) in [6.45, 7) is 3.42. The van der Waals surface area contributed by atoms with Crippen molar-refractivity contribution in [1.82, 2.24) is 0 Å². The second-order valence-corrected chi connectivity index (χ2v) is 5.17. The summed E-state index contributed by atoms with van der Waals surface area (Å²) in [5.41, 5.74) is 1.41. The fraction of sp³-hybridized carbons (Fsp3) is 0.118. The molecule has 2 aromatic carbocycles. The molecule has 5 heteroatoms. The predicted octanol–water partition coefficient (Wildman–Crippen LogP) is 3.28. The molecule has 1 amide bonds. The summed E-state index contributed by atoms with van der Waals surface area (Å²) < 4.78 is 0. The topological polar surface area (TPSA) is 60.8 Å². The maximum Gasteiger partial charge on any atom is 0.250 e. The summed E-state index contributed by atoms with van der Waals surface area (Å²) in [4.78, 5) is 13.0. The molecule has 0 bridgehead atoms. The van der Waals surface area contributed by atoms with Crippen molar-refractivity contribution < 1.29 is 15.0 Å². The van der Waals surface area contributed by atoms with Crippen LogP contribution in [-0.2, 0) is 4.79 Å². The van der Waals surface area contributed by atoms with Crippen LogP contribution in [0.1, 0.15) is 17.2 Å². The van der Waals surface area contributed by atoms with Crippen LogP contribution in [0.25, 0.3) is 0 Å². The highest BCUT2D eigenvalue weighted by atomic mass is 35.5. The quantitative estimate of drug-likeness (QED) is 0.851. The Balaban J connectivity index is 2.48. The maximum absolute atomic E-state index is 11.7. The first-order valence-electron chi connectivity index (χ1n) is 6.61. The maximum atomic E-state index is 11.7. The number of hydrogen-bond acceptors (Lipinski definition) is 3. The van der Waals surface area contributed by atoms with Crippen molar-refractivity contribution in [2.75, 3.05) is 11.9 Å². The van der Waals surface area contributed by atoms with Gasteiger partial charge in [0.25, 0.3) is 0 Å². The van der Waals surface area contributed by atoms with Crippen LogP contribution in [0.2, 0.25) is 5.02 Å². The molecular weight excluding hydrogens is 302 g/mol. The van der Waals surface area contributed by atoms with Crippen LogP contribution in [0, 0.1) is 0 Å². The molecule has 0 heterocycles. The van der Waals surface area contributed by atoms with Crippen LogP contribution in [0.15, 0.2) is 55.1 Å². The largest absolute Gasteiger partial charge is 0.506 e. The van der Waals surface area contributed by atoms with Crippen molar-refractivity contribution in [3.05, 3.63) is 71.3 Å². The average Bonchev–Trinajstić information content (AvgIpc) is 2.55. The lowest BCUT2D eigenvalue weighted by atomic mass is 10.0. The number of hydrogen-bond donors (Lipinski definition) is 2. The van der Waals surface area contributed by atoms with Gasteiger partial charge < -0.3 is 15.1 Å². The number of halogens is 1. The number of amides is 1. The first-order valence-corrected chi connectivity index (χ1v) is 6.99. The van der Waals surface area contributed by atoms with Gasteiger partial charge in [-0.2, -0.15) is 0 Å². The van der Waals surface area contributed by atoms with E-state index >= 15 is 0 Å². The Morgan fingerprint density at radius 3 is 2.50 bits per heavy atom. The van der Waals surface area contributed by atoms with Gasteiger partial charge in [-0.1, -0.05) is 48.5 Å². The number of phenols is 1. The first kappa shape index (κ1) is 16.1. The van der Waals surface area contributed by atoms with E-state index in [1.807, 2.05) is 18.2 Å². The number of phenolic OH excluding ortho intramolecular Hbond substituents is 1. The Labute approximate surface area is 133 Å². The Bertz CT molecular complexity index is 701. The van der Waals surface area contributed by atoms with Gasteiger partial charge in [0.05, 0.1) is 5.69 Å². The molecule has 2 aromatic rings. The summed E-state index contributed by atoms with van der Waals surface area (Å²) in [6, 6.07) is 12.0. The third-order valence-electron chi connectivity index (χ3n) is 3.35. The van der Waals surface area contributed by atoms with Gasteiger partial charge in [-0.15, -0.1) is 0 Å². The van der Waals surface area contributed by atoms with Crippen molar-refractivity contribution in [2.45, 2.75) is 6.10 Å². The van der Waals surface area contributed by atoms with Crippen molar-refractivity contribution in [3.63, 3.8) is 0 Å². The molecule has 0 aromatic heterocycles. The Hall–Kier alpha value is -2.30. The van der Waals surface area contributed by atoms with E-state index in [0.717, 1.165) is 6.08 Å². The molecule has 0 spiro atoms. The zero-order valence-electron chi connectivity index (χ0n) is 12.0. The average molecular weight is 318 g/mol. The van der Waals surface area contributed by atoms with Crippen LogP contribution >= 0.6 is 11.6 Å². The molecular formula is C17H16ClNO3. The van der Waals surface area contributed by atoms with E-state index in [9.17, 15) is 15.0 Å². The van der Waals surface area contributed by atoms with Gasteiger partial charge in [0, 0.05) is 7.05 Å². The fourth-order valence-electron chi connectivity index (χ4n) is 2.10. The predicted molar refractivity (Wildman–Crippen MR) is 87.2 cm³/mol. The number of aliphatic hydroxyl groups excluding tert-OH is 1. The van der Waals surface area contributed by atoms with Crippen LogP contribution in [-0.4, -0.2) is 23.2 Å². The lowest BCUT2D eigenvalue weighted by Gasteiger charge is -2.20. The number of aromatic hydroxyl groups is 1. The SMILES string of the molecule is C=CC(=O)N(C)c1cc(C(O)c2ccccc2)cc(O)c1Cl. The van der Waals surface area contributed by atoms with E-state index in [2.05, 4.69) is 6.58 Å². The number of carbonyl (C=O) groups is 1. The van der Waals surface area contributed by atoms with E-state index in [-0.39, 0.29) is 16.7 Å². The molecule has 2 rings (SSSR count). The third kappa shape index (κ3) is 3.13. The molecule has 2 N–H and O–H groups in total. The zero-order chi connectivity index (χ0) is 16.3. The fourth-order valence-corrected chi connectivity index (χ4v) is 2.34. The second-order valence-electron chi connectivity index (χ2n) is 4.79. The normalized spacial score (nSPS) is 11.8. The van der Waals surface area contributed by atoms with Gasteiger partial charge in [0.1, 0.15) is 16.9 Å². The number of rotatable bonds is 4. The van der Waals surface area contributed by atoms with Crippen LogP contribution in [0.5, 0.6) is 5.75 Å². The molecule has 1 unspecified atom stereocenters. The number of carbonyl (C=O) groups excluding carboxylic acids is 1. The Morgan fingerprint density at radius 2 is 1.91 bits per heavy atom. The minimum Gasteiger partial charge on any atom is -0.506 e. The molecule has 1 atom stereocenters. The highest BCUT2D eigenvalue weighted by Gasteiger charge is 2.19. The van der Waals surface area contributed by atoms with E-state index in [1.165, 1.54) is 18.0 Å². The van der Waals surface area contributed by atoms with Crippen LogP contribution in [0.4, 0.5) is 5.69 Å². The molecule has 22 heavy (non-hydrogen) atoms. The summed E-state index contributed by atoms with van der Waals surface area (Å²) >= 11 is 6.05. The number of anilines is 1. The monoisotopic (exact) mass is 317 g/mol. The molecule has 114 valence electrons. The van der Waals surface area contributed by atoms with Gasteiger partial charge >= 0.3 is 0 Å². The van der Waals surface area contributed by atoms with Gasteiger partial charge in [0.2, 0.25) is 5.91 Å². The third-order valence-corrected chi connectivity index (χ3v) is 3.74. The van der Waals surface area contributed by atoms with Crippen LogP contribution in [0.3, 0.4) is 0 Å². The van der Waals surface area contributed by atoms with Crippen LogP contribution < -0.4 is 4.90 Å². The van der Waals surface area contributed by atoms with E-state index in [1.54, 1.807) is 18.2 Å². The highest BCUT2D eigenvalue weighted by molar-refractivity contribution is 6.35. The number of nitrogens with zero attached hydrogens (tertiary/aromatic N) is 1. The number of benzene rings is 2. The molecule has 0 aliphatic carbocycles. The first-order chi connectivity index (χ1) is 10.5. The Morgan fingerprint density at radius 1 is 1.27 bits per heavy atom. The van der Waals surface area contributed by atoms with E-state index < -0.39 is 6.10 Å². The summed E-state index contributed by atoms with van der Waals surface area (Å²) in [5, 5.41) is 20.4. The van der Waals surface area contributed by atoms with Crippen molar-refractivity contribution >= 4 is 23.2 Å². The lowest BCUT2D eigenvalue weighted by molar-refractivity contribution is -0.113. The molecule has 0 saturated carbocycles. The Kier molecular flexibility index (Phi) is 4.85. The van der Waals surface area contributed by atoms with Gasteiger partial charge in [-0.05, 0) is 29.3 Å². The summed E-state index contributed by atoms with van der Waals surface area (Å²) in [6.07, 6.45) is 0.212. The summed E-state index contributed by atoms with van der Waals surface area (Å²) in [5.74, 6) is -0.569. The molecule has 0 aliphatic heterocycles. The number of likely N-dealkylation sites (N-methyl/N-ethyl adjacent to an activating group) is 1. The lowest BCUT2D eigenvalue weighted by Crippen LogP contribution is -2.24. The summed E-state index contributed by atoms with van der Waals surface area (Å²) in [7, 11) is 1.52. The molecule has 4 nitrogen and oxygen atoms in total. The standard InChI is InChI=1S/C17H16ClNO3/c1-3-15(21)19(2)13-9-12(10-14(20)16(13)18)17(22)11-7-5-4-6-8-11/h3-10,17,20,22H,1H2,2H3. The molecule has 0 radical (unpaired) electrons. The molecule has 0 fully saturated rings. The van der Waals surface area contributed by atoms with Crippen molar-refractivity contribution in [3.8, 4) is 5.75 Å². The van der Waals surface area contributed by atoms with Crippen molar-refractivity contribution in [1.29, 1.82) is 0 Å². The molecule has 0 saturated heterocycles. The highest BCUT2D eigenvalue weighted by Crippen LogP contribution is 2.38. The van der Waals surface area contributed by atoms with Gasteiger partial charge in [-0.3, -0.25) is 4.79 Å². The smallest absolute Gasteiger partial charge is 0.250 e. The number of aliphatic hydroxyl groups is 1. The van der Waals surface area contributed by atoms with Crippen molar-refractivity contribution in [2.24, 2.45) is 0 Å². The minimum absolute atomic E-state index is 0.0433. The molecule has 0 aliphatic rings. The van der Waals surface area contributed by atoms with E-state index in [4.69, 9.17) is 11.6 Å². The second kappa shape index (κ2) is 6.64. The minimum atomic E-state index is -0.935. The van der Waals surface area contributed by atoms with E-state index in [0.29, 0.717) is 16.8 Å². The zero-order valence-corrected chi connectivity index (χ0v) is 12.8. The van der Waals surface area contributed by atoms with Gasteiger partial charge in [0.15, 0.2) is 0 Å².